The predicted molar refractivity (Wildman–Crippen MR) is 203 cm³/mol. The van der Waals surface area contributed by atoms with Crippen molar-refractivity contribution in [1.82, 2.24) is 0 Å². The molecule has 0 atom stereocenters. The van der Waals surface area contributed by atoms with Crippen LogP contribution in [-0.4, -0.2) is 40.0 Å². The molecule has 6 aromatic rings. The van der Waals surface area contributed by atoms with E-state index in [1.54, 1.807) is 0 Å². The molecule has 0 bridgehead atoms. The molecule has 0 amide bonds. The maximum Gasteiger partial charge on any atom is 0.0937 e. The zero-order valence-corrected chi connectivity index (χ0v) is 27.2. The van der Waals surface area contributed by atoms with Crippen LogP contribution < -0.4 is 29.4 Å². The zero-order valence-electron chi connectivity index (χ0n) is 27.2. The third-order valence-corrected chi connectivity index (χ3v) is 8.78. The SMILES string of the molecule is c1ccc(N2CN(c3ccccc3)CN(c3ccccc3)C2)cc1.c1ccc(N2CN(c3ccccc3)CN(c3ccccc3)C2)cc1. The van der Waals surface area contributed by atoms with Crippen LogP contribution in [0, 0.1) is 0 Å². The van der Waals surface area contributed by atoms with Gasteiger partial charge in [-0.3, -0.25) is 0 Å². The first-order valence-electron chi connectivity index (χ1n) is 16.6. The number of nitrogens with zero attached hydrogens (tertiary/aromatic N) is 6. The van der Waals surface area contributed by atoms with E-state index < -0.39 is 0 Å². The van der Waals surface area contributed by atoms with E-state index in [4.69, 9.17) is 0 Å². The molecule has 6 heteroatoms. The summed E-state index contributed by atoms with van der Waals surface area (Å²) in [5.41, 5.74) is 7.49. The molecule has 0 aromatic heterocycles. The van der Waals surface area contributed by atoms with Crippen LogP contribution in [0.4, 0.5) is 34.1 Å². The Morgan fingerprint density at radius 3 is 0.438 bits per heavy atom. The summed E-state index contributed by atoms with van der Waals surface area (Å²) in [6.45, 7) is 5.32. The first-order chi connectivity index (χ1) is 23.8. The normalized spacial score (nSPS) is 14.8. The second kappa shape index (κ2) is 15.1. The third-order valence-electron chi connectivity index (χ3n) is 8.78. The summed E-state index contributed by atoms with van der Waals surface area (Å²) < 4.78 is 0. The lowest BCUT2D eigenvalue weighted by molar-refractivity contribution is 0.611. The molecular weight excluding hydrogens is 589 g/mol. The molecule has 6 aromatic carbocycles. The molecule has 240 valence electrons. The lowest BCUT2D eigenvalue weighted by Gasteiger charge is -2.45. The average Bonchev–Trinajstić information content (AvgIpc) is 3.20. The van der Waals surface area contributed by atoms with Gasteiger partial charge in [0.25, 0.3) is 0 Å². The molecule has 8 rings (SSSR count). The van der Waals surface area contributed by atoms with E-state index in [1.807, 2.05) is 0 Å². The fourth-order valence-corrected chi connectivity index (χ4v) is 6.32. The number of anilines is 6. The standard InChI is InChI=1S/2C21H21N3/c2*1-4-10-19(11-5-1)22-16-23(20-12-6-2-7-13-20)18-24(17-22)21-14-8-3-9-15-21/h2*1-15H,16-18H2. The van der Waals surface area contributed by atoms with Crippen LogP contribution in [0.15, 0.2) is 182 Å². The van der Waals surface area contributed by atoms with Crippen molar-refractivity contribution >= 4 is 34.1 Å². The summed E-state index contributed by atoms with van der Waals surface area (Å²) in [6.07, 6.45) is 0. The number of benzene rings is 6. The van der Waals surface area contributed by atoms with E-state index in [2.05, 4.69) is 211 Å². The molecule has 2 heterocycles. The molecule has 2 fully saturated rings. The maximum absolute atomic E-state index is 2.41. The van der Waals surface area contributed by atoms with Gasteiger partial charge in [-0.1, -0.05) is 109 Å². The Bertz CT molecular complexity index is 1430. The van der Waals surface area contributed by atoms with Gasteiger partial charge >= 0.3 is 0 Å². The molecule has 48 heavy (non-hydrogen) atoms. The van der Waals surface area contributed by atoms with Crippen molar-refractivity contribution in [3.05, 3.63) is 182 Å². The molecule has 0 aliphatic carbocycles. The molecule has 2 saturated heterocycles. The number of para-hydroxylation sites is 6. The molecule has 6 nitrogen and oxygen atoms in total. The van der Waals surface area contributed by atoms with Crippen molar-refractivity contribution in [2.24, 2.45) is 0 Å². The molecule has 0 radical (unpaired) electrons. The first-order valence-corrected chi connectivity index (χ1v) is 16.6. The number of hydrogen-bond acceptors (Lipinski definition) is 6. The van der Waals surface area contributed by atoms with Crippen molar-refractivity contribution in [3.8, 4) is 0 Å². The predicted octanol–water partition coefficient (Wildman–Crippen LogP) is 8.78. The van der Waals surface area contributed by atoms with E-state index in [-0.39, 0.29) is 0 Å². The van der Waals surface area contributed by atoms with Gasteiger partial charge in [0.1, 0.15) is 0 Å². The van der Waals surface area contributed by atoms with Gasteiger partial charge in [-0.2, -0.15) is 0 Å². The molecule has 0 saturated carbocycles. The smallest absolute Gasteiger partial charge is 0.0937 e. The van der Waals surface area contributed by atoms with Crippen molar-refractivity contribution in [3.63, 3.8) is 0 Å². The maximum atomic E-state index is 2.41. The van der Waals surface area contributed by atoms with Crippen LogP contribution in [-0.2, 0) is 0 Å². The van der Waals surface area contributed by atoms with Crippen LogP contribution in [0.1, 0.15) is 0 Å². The van der Waals surface area contributed by atoms with Crippen LogP contribution in [0.25, 0.3) is 0 Å². The van der Waals surface area contributed by atoms with Gasteiger partial charge in [0, 0.05) is 34.1 Å². The Balaban J connectivity index is 0.000000152. The van der Waals surface area contributed by atoms with E-state index in [0.717, 1.165) is 40.0 Å². The minimum absolute atomic E-state index is 0.886. The minimum Gasteiger partial charge on any atom is -0.336 e. The van der Waals surface area contributed by atoms with Crippen LogP contribution >= 0.6 is 0 Å². The summed E-state index contributed by atoms with van der Waals surface area (Å²) in [4.78, 5) is 14.4. The van der Waals surface area contributed by atoms with Crippen molar-refractivity contribution in [2.75, 3.05) is 69.4 Å². The Kier molecular flexibility index (Phi) is 9.70. The van der Waals surface area contributed by atoms with Crippen LogP contribution in [0.3, 0.4) is 0 Å². The molecular formula is C42H42N6. The quantitative estimate of drug-likeness (QED) is 0.182. The molecule has 0 unspecified atom stereocenters. The highest BCUT2D eigenvalue weighted by Crippen LogP contribution is 2.27. The third kappa shape index (κ3) is 7.56. The van der Waals surface area contributed by atoms with Gasteiger partial charge < -0.3 is 29.4 Å². The van der Waals surface area contributed by atoms with Gasteiger partial charge in [0.15, 0.2) is 0 Å². The lowest BCUT2D eigenvalue weighted by Crippen LogP contribution is -2.55. The number of rotatable bonds is 6. The minimum atomic E-state index is 0.886. The van der Waals surface area contributed by atoms with Gasteiger partial charge in [-0.05, 0) is 72.8 Å². The molecule has 0 N–H and O–H groups in total. The average molecular weight is 631 g/mol. The van der Waals surface area contributed by atoms with Gasteiger partial charge in [0.05, 0.1) is 40.0 Å². The van der Waals surface area contributed by atoms with Crippen molar-refractivity contribution in [1.29, 1.82) is 0 Å². The second-order valence-corrected chi connectivity index (χ2v) is 12.1. The monoisotopic (exact) mass is 630 g/mol. The summed E-state index contributed by atoms with van der Waals surface area (Å²) >= 11 is 0. The largest absolute Gasteiger partial charge is 0.336 e. The first kappa shape index (κ1) is 30.8. The fraction of sp³-hybridized carbons (Fsp3) is 0.143. The van der Waals surface area contributed by atoms with Crippen LogP contribution in [0.5, 0.6) is 0 Å². The highest BCUT2D eigenvalue weighted by molar-refractivity contribution is 5.60. The summed E-state index contributed by atoms with van der Waals surface area (Å²) in [5, 5.41) is 0. The topological polar surface area (TPSA) is 19.4 Å². The fourth-order valence-electron chi connectivity index (χ4n) is 6.32. The van der Waals surface area contributed by atoms with E-state index in [1.165, 1.54) is 34.1 Å². The Hall–Kier alpha value is -5.88. The van der Waals surface area contributed by atoms with Gasteiger partial charge in [-0.15, -0.1) is 0 Å². The second-order valence-electron chi connectivity index (χ2n) is 12.1. The zero-order chi connectivity index (χ0) is 32.4. The Labute approximate surface area is 284 Å². The molecule has 0 spiro atoms. The van der Waals surface area contributed by atoms with Crippen molar-refractivity contribution in [2.45, 2.75) is 0 Å². The van der Waals surface area contributed by atoms with Crippen molar-refractivity contribution < 1.29 is 0 Å². The Morgan fingerprint density at radius 2 is 0.312 bits per heavy atom. The molecule has 2 aliphatic heterocycles. The highest BCUT2D eigenvalue weighted by Gasteiger charge is 2.25. The highest BCUT2D eigenvalue weighted by atomic mass is 15.5. The summed E-state index contributed by atoms with van der Waals surface area (Å²) in [6, 6.07) is 63.8. The van der Waals surface area contributed by atoms with E-state index in [0.29, 0.717) is 0 Å². The van der Waals surface area contributed by atoms with Crippen LogP contribution in [0.2, 0.25) is 0 Å². The number of hydrogen-bond donors (Lipinski definition) is 0. The van der Waals surface area contributed by atoms with Gasteiger partial charge in [0.2, 0.25) is 0 Å². The summed E-state index contributed by atoms with van der Waals surface area (Å²) in [7, 11) is 0. The Morgan fingerprint density at radius 1 is 0.188 bits per heavy atom. The van der Waals surface area contributed by atoms with E-state index in [9.17, 15) is 0 Å². The molecule has 2 aliphatic rings. The van der Waals surface area contributed by atoms with E-state index >= 15 is 0 Å². The lowest BCUT2D eigenvalue weighted by atomic mass is 10.2. The summed E-state index contributed by atoms with van der Waals surface area (Å²) in [5.74, 6) is 0. The van der Waals surface area contributed by atoms with Gasteiger partial charge in [-0.25, -0.2) is 0 Å².